The van der Waals surface area contributed by atoms with Gasteiger partial charge in [0.05, 0.1) is 25.7 Å². The van der Waals surface area contributed by atoms with Gasteiger partial charge < -0.3 is 30.4 Å². The number of hydrogen-bond acceptors (Lipinski definition) is 11. The Morgan fingerprint density at radius 2 is 1.97 bits per heavy atom. The molecule has 5 N–H and O–H groups in total. The number of nitrogen functional groups attached to an aromatic ring is 1. The highest BCUT2D eigenvalue weighted by Crippen LogP contribution is 2.31. The Hall–Kier alpha value is -2.62. The lowest BCUT2D eigenvalue weighted by Crippen LogP contribution is -2.37. The molecule has 0 radical (unpaired) electrons. The van der Waals surface area contributed by atoms with Gasteiger partial charge in [0.25, 0.3) is 0 Å². The van der Waals surface area contributed by atoms with Crippen LogP contribution < -0.4 is 11.1 Å². The van der Waals surface area contributed by atoms with E-state index >= 15 is 0 Å². The Balaban J connectivity index is 1.35. The smallest absolute Gasteiger partial charge is 0.211 e. The van der Waals surface area contributed by atoms with Gasteiger partial charge in [0, 0.05) is 13.6 Å². The van der Waals surface area contributed by atoms with Crippen molar-refractivity contribution in [2.75, 3.05) is 25.6 Å². The molecular weight excluding hydrogens is 442 g/mol. The van der Waals surface area contributed by atoms with Crippen LogP contribution in [0.2, 0.25) is 0 Å². The van der Waals surface area contributed by atoms with Crippen molar-refractivity contribution in [2.24, 2.45) is 0 Å². The van der Waals surface area contributed by atoms with Crippen LogP contribution in [0.15, 0.2) is 29.2 Å². The summed E-state index contributed by atoms with van der Waals surface area (Å²) in [6.07, 6.45) is -0.0733. The molecule has 1 aliphatic rings. The Morgan fingerprint density at radius 3 is 2.72 bits per heavy atom. The van der Waals surface area contributed by atoms with Gasteiger partial charge in [-0.2, -0.15) is 4.31 Å². The summed E-state index contributed by atoms with van der Waals surface area (Å²) in [4.78, 5) is 12.2. The standard InChI is InChI=1S/C18H25N7O6S/c1-24(32(2,28)29)7-11-4-3-10(30-11)5-20-6-12-14(26)15(27)18(31-12)25-9-23-13-16(19)21-8-22-17(13)25/h3-4,8-9,12,14-15,18,20,26-27H,5-7H2,1-2H3,(H2,19,21,22)/t12-,14-,15-,18-/m1/s1. The third-order valence-corrected chi connectivity index (χ3v) is 6.57. The molecule has 13 nitrogen and oxygen atoms in total. The SMILES string of the molecule is CN(Cc1ccc(CNC[C@H]2O[C@@H](n3cnc4c(N)ncnc43)[C@H](O)[C@@H]2O)o1)S(C)(=O)=O. The normalized spacial score (nSPS) is 24.0. The third-order valence-electron chi connectivity index (χ3n) is 5.31. The summed E-state index contributed by atoms with van der Waals surface area (Å²) < 4.78 is 37.2. The lowest BCUT2D eigenvalue weighted by Gasteiger charge is -2.16. The van der Waals surface area contributed by atoms with Crippen LogP contribution in [0.5, 0.6) is 0 Å². The maximum Gasteiger partial charge on any atom is 0.211 e. The Kier molecular flexibility index (Phi) is 6.15. The summed E-state index contributed by atoms with van der Waals surface area (Å²) in [5.41, 5.74) is 6.57. The van der Waals surface area contributed by atoms with Gasteiger partial charge in [-0.05, 0) is 12.1 Å². The maximum atomic E-state index is 11.5. The van der Waals surface area contributed by atoms with Crippen LogP contribution in [-0.2, 0) is 27.8 Å². The van der Waals surface area contributed by atoms with E-state index in [0.717, 1.165) is 6.26 Å². The number of ether oxygens (including phenoxy) is 1. The molecule has 0 unspecified atom stereocenters. The van der Waals surface area contributed by atoms with E-state index in [0.29, 0.717) is 29.2 Å². The Bertz CT molecular complexity index is 1200. The lowest BCUT2D eigenvalue weighted by atomic mass is 10.1. The van der Waals surface area contributed by atoms with Crippen LogP contribution in [0, 0.1) is 0 Å². The predicted octanol–water partition coefficient (Wildman–Crippen LogP) is -1.20. The van der Waals surface area contributed by atoms with E-state index in [4.69, 9.17) is 14.9 Å². The molecule has 4 rings (SSSR count). The zero-order valence-corrected chi connectivity index (χ0v) is 18.3. The van der Waals surface area contributed by atoms with Crippen molar-refractivity contribution in [1.82, 2.24) is 29.1 Å². The summed E-state index contributed by atoms with van der Waals surface area (Å²) in [7, 11) is -1.83. The molecule has 0 aromatic carbocycles. The average Bonchev–Trinajstić information content (AvgIpc) is 3.42. The second kappa shape index (κ2) is 8.73. The topological polar surface area (TPSA) is 182 Å². The minimum atomic E-state index is -3.30. The van der Waals surface area contributed by atoms with Crippen molar-refractivity contribution in [1.29, 1.82) is 0 Å². The van der Waals surface area contributed by atoms with Crippen LogP contribution in [0.4, 0.5) is 5.82 Å². The van der Waals surface area contributed by atoms with E-state index < -0.39 is 34.6 Å². The van der Waals surface area contributed by atoms with E-state index in [-0.39, 0.29) is 18.9 Å². The largest absolute Gasteiger partial charge is 0.463 e. The molecule has 1 saturated heterocycles. The number of rotatable bonds is 8. The minimum absolute atomic E-state index is 0.129. The molecule has 0 bridgehead atoms. The maximum absolute atomic E-state index is 11.5. The van der Waals surface area contributed by atoms with Crippen LogP contribution in [0.1, 0.15) is 17.7 Å². The van der Waals surface area contributed by atoms with Gasteiger partial charge in [-0.25, -0.2) is 23.4 Å². The lowest BCUT2D eigenvalue weighted by molar-refractivity contribution is -0.0343. The van der Waals surface area contributed by atoms with Crippen molar-refractivity contribution >= 4 is 27.0 Å². The highest BCUT2D eigenvalue weighted by Gasteiger charge is 2.44. The minimum Gasteiger partial charge on any atom is -0.463 e. The van der Waals surface area contributed by atoms with Crippen LogP contribution in [0.25, 0.3) is 11.2 Å². The average molecular weight is 468 g/mol. The Morgan fingerprint density at radius 1 is 1.22 bits per heavy atom. The molecule has 4 atom stereocenters. The second-order valence-corrected chi connectivity index (χ2v) is 9.74. The number of nitrogens with zero attached hydrogens (tertiary/aromatic N) is 5. The first kappa shape index (κ1) is 22.6. The fourth-order valence-electron chi connectivity index (χ4n) is 3.46. The molecule has 32 heavy (non-hydrogen) atoms. The summed E-state index contributed by atoms with van der Waals surface area (Å²) >= 11 is 0. The summed E-state index contributed by atoms with van der Waals surface area (Å²) in [6, 6.07) is 3.45. The van der Waals surface area contributed by atoms with Crippen molar-refractivity contribution in [3.05, 3.63) is 36.3 Å². The number of sulfonamides is 1. The van der Waals surface area contributed by atoms with Crippen LogP contribution >= 0.6 is 0 Å². The number of nitrogens with two attached hydrogens (primary N) is 1. The summed E-state index contributed by atoms with van der Waals surface area (Å²) in [5.74, 6) is 1.32. The van der Waals surface area contributed by atoms with Gasteiger partial charge in [-0.1, -0.05) is 0 Å². The molecule has 14 heteroatoms. The van der Waals surface area contributed by atoms with Gasteiger partial charge in [-0.3, -0.25) is 4.57 Å². The van der Waals surface area contributed by atoms with E-state index in [2.05, 4.69) is 20.3 Å². The molecular formula is C18H25N7O6S. The molecule has 3 aromatic rings. The number of anilines is 1. The number of hydrogen-bond donors (Lipinski definition) is 4. The molecule has 4 heterocycles. The zero-order chi connectivity index (χ0) is 23.0. The number of nitrogens with one attached hydrogen (secondary N) is 1. The Labute approximate surface area is 183 Å². The number of aliphatic hydroxyl groups excluding tert-OH is 2. The van der Waals surface area contributed by atoms with Crippen molar-refractivity contribution in [3.8, 4) is 0 Å². The molecule has 1 fully saturated rings. The fraction of sp³-hybridized carbons (Fsp3) is 0.500. The van der Waals surface area contributed by atoms with E-state index in [1.165, 1.54) is 28.6 Å². The molecule has 0 amide bonds. The number of aromatic nitrogens is 4. The first-order valence-corrected chi connectivity index (χ1v) is 11.6. The van der Waals surface area contributed by atoms with Gasteiger partial charge >= 0.3 is 0 Å². The fourth-order valence-corrected chi connectivity index (χ4v) is 3.82. The first-order chi connectivity index (χ1) is 15.1. The van der Waals surface area contributed by atoms with Crippen molar-refractivity contribution in [2.45, 2.75) is 37.6 Å². The van der Waals surface area contributed by atoms with E-state index in [1.54, 1.807) is 12.1 Å². The number of aliphatic hydroxyl groups is 2. The molecule has 0 aliphatic carbocycles. The molecule has 0 saturated carbocycles. The number of furan rings is 1. The molecule has 3 aromatic heterocycles. The van der Waals surface area contributed by atoms with Gasteiger partial charge in [-0.15, -0.1) is 0 Å². The zero-order valence-electron chi connectivity index (χ0n) is 17.5. The van der Waals surface area contributed by atoms with E-state index in [1.807, 2.05) is 0 Å². The highest BCUT2D eigenvalue weighted by molar-refractivity contribution is 7.88. The van der Waals surface area contributed by atoms with Crippen molar-refractivity contribution < 1.29 is 27.8 Å². The number of imidazole rings is 1. The predicted molar refractivity (Wildman–Crippen MR) is 112 cm³/mol. The quantitative estimate of drug-likeness (QED) is 0.312. The van der Waals surface area contributed by atoms with Gasteiger partial charge in [0.2, 0.25) is 10.0 Å². The van der Waals surface area contributed by atoms with Gasteiger partial charge in [0.1, 0.15) is 41.7 Å². The third kappa shape index (κ3) is 4.46. The van der Waals surface area contributed by atoms with Gasteiger partial charge in [0.15, 0.2) is 17.7 Å². The second-order valence-electron chi connectivity index (χ2n) is 7.65. The van der Waals surface area contributed by atoms with Crippen LogP contribution in [0.3, 0.4) is 0 Å². The first-order valence-electron chi connectivity index (χ1n) is 9.79. The number of fused-ring (bicyclic) bond motifs is 1. The molecule has 0 spiro atoms. The van der Waals surface area contributed by atoms with E-state index in [9.17, 15) is 18.6 Å². The summed E-state index contributed by atoms with van der Waals surface area (Å²) in [5, 5.41) is 24.0. The highest BCUT2D eigenvalue weighted by atomic mass is 32.2. The van der Waals surface area contributed by atoms with Crippen LogP contribution in [-0.4, -0.2) is 80.6 Å². The monoisotopic (exact) mass is 467 g/mol. The van der Waals surface area contributed by atoms with Crippen molar-refractivity contribution in [3.63, 3.8) is 0 Å². The molecule has 1 aliphatic heterocycles. The summed E-state index contributed by atoms with van der Waals surface area (Å²) in [6.45, 7) is 0.690. The molecule has 174 valence electrons.